The molecule has 0 bridgehead atoms. The van der Waals surface area contributed by atoms with E-state index in [2.05, 4.69) is 27.7 Å². The Morgan fingerprint density at radius 2 is 0.414 bits per heavy atom. The van der Waals surface area contributed by atoms with Crippen LogP contribution in [0, 0.1) is 0 Å². The highest BCUT2D eigenvalue weighted by molar-refractivity contribution is 8.13. The summed E-state index contributed by atoms with van der Waals surface area (Å²) in [6.45, 7) is 15.3. The molecule has 6 nitrogen and oxygen atoms in total. The first-order chi connectivity index (χ1) is 32.9. The van der Waals surface area contributed by atoms with Crippen molar-refractivity contribution < 1.29 is 65.2 Å². The van der Waals surface area contributed by atoms with Gasteiger partial charge in [0.05, 0.1) is 26.2 Å². The Morgan fingerprint density at radius 3 is 0.557 bits per heavy atom. The number of unbranched alkanes of at least 4 members (excludes halogenated alkanes) is 36. The maximum atomic E-state index is 12.3. The van der Waals surface area contributed by atoms with Crippen LogP contribution >= 0.6 is 0 Å². The third-order valence-corrected chi connectivity index (χ3v) is 16.8. The minimum Gasteiger partial charge on any atom is -0.425 e. The van der Waals surface area contributed by atoms with E-state index in [4.69, 9.17) is 0 Å². The van der Waals surface area contributed by atoms with Gasteiger partial charge in [0.15, 0.2) is 20.0 Å². The number of hydrogen-bond donors (Lipinski definition) is 0. The number of sulfonamides is 2. The third kappa shape index (κ3) is 33.8. The molecule has 0 spiro atoms. The molecule has 0 aliphatic rings. The van der Waals surface area contributed by atoms with E-state index >= 15 is 0 Å². The maximum absolute atomic E-state index is 12.3. The zero-order valence-corrected chi connectivity index (χ0v) is 45.9. The van der Waals surface area contributed by atoms with Gasteiger partial charge in [0, 0.05) is 0 Å². The molecule has 424 valence electrons. The summed E-state index contributed by atoms with van der Waals surface area (Å²) in [6.07, 6.45) is 44.7. The molecule has 0 atom stereocenters. The minimum atomic E-state index is -7.62. The molecule has 0 N–H and O–H groups in total. The fourth-order valence-corrected chi connectivity index (χ4v) is 11.3. The summed E-state index contributed by atoms with van der Waals surface area (Å²) in [4.78, 5) is 0. The SMILES string of the molecule is CCCCCCCCCCCC[N+](CCCCCCCCCCCC)(CCCCCCCCCCCC)CCCCCCCCCCCC.O=S(=O)([N-]S(=O)(=O)C(F)(F)C(F)(F)F)C(F)(F)C(F)(F)F. The molecule has 0 radical (unpaired) electrons. The average Bonchev–Trinajstić information content (AvgIpc) is 3.28. The first-order valence-electron chi connectivity index (χ1n) is 27.9. The summed E-state index contributed by atoms with van der Waals surface area (Å²) in [6, 6.07) is 0. The molecule has 0 aliphatic carbocycles. The highest BCUT2D eigenvalue weighted by Crippen LogP contribution is 2.48. The van der Waals surface area contributed by atoms with E-state index in [0.717, 1.165) is 0 Å². The van der Waals surface area contributed by atoms with E-state index in [-0.39, 0.29) is 0 Å². The lowest BCUT2D eigenvalue weighted by Crippen LogP contribution is -2.50. The van der Waals surface area contributed by atoms with E-state index in [9.17, 15) is 60.7 Å². The second-order valence-corrected chi connectivity index (χ2v) is 23.5. The summed E-state index contributed by atoms with van der Waals surface area (Å²) in [5, 5.41) is -14.0. The Hall–Kier alpha value is -0.880. The number of alkyl halides is 10. The molecule has 0 fully saturated rings. The van der Waals surface area contributed by atoms with Crippen molar-refractivity contribution in [1.82, 2.24) is 0 Å². The lowest BCUT2D eigenvalue weighted by atomic mass is 10.0. The predicted molar refractivity (Wildman–Crippen MR) is 270 cm³/mol. The van der Waals surface area contributed by atoms with Gasteiger partial charge in [0.1, 0.15) is 0 Å². The molecule has 0 heterocycles. The van der Waals surface area contributed by atoms with Gasteiger partial charge >= 0.3 is 22.9 Å². The van der Waals surface area contributed by atoms with Crippen LogP contribution in [0.25, 0.3) is 4.13 Å². The largest absolute Gasteiger partial charge is 0.467 e. The second-order valence-electron chi connectivity index (χ2n) is 20.0. The van der Waals surface area contributed by atoms with Crippen LogP contribution in [0.4, 0.5) is 43.9 Å². The number of quaternary nitrogens is 1. The van der Waals surface area contributed by atoms with Crippen molar-refractivity contribution in [2.24, 2.45) is 0 Å². The number of nitrogens with zero attached hydrogens (tertiary/aromatic N) is 2. The third-order valence-electron chi connectivity index (χ3n) is 13.4. The summed E-state index contributed by atoms with van der Waals surface area (Å²) in [5.74, 6) is 0. The standard InChI is InChI=1S/C48H100N.C4F10NO4S2/c1-5-9-13-17-21-25-29-33-37-41-45-49(46-42-38-34-30-26-22-18-14-10-6-2,47-43-39-35-31-27-23-19-15-11-7-3)48-44-40-36-32-28-24-20-16-12-8-4;5-1(6,7)3(11,12)20(16,17)15-21(18,19)4(13,14)2(8,9)10/h5-48H2,1-4H3;/q+1;-1. The van der Waals surface area contributed by atoms with Crippen molar-refractivity contribution in [1.29, 1.82) is 0 Å². The molecule has 18 heteroatoms. The van der Waals surface area contributed by atoms with E-state index in [0.29, 0.717) is 4.13 Å². The van der Waals surface area contributed by atoms with E-state index in [1.807, 2.05) is 0 Å². The number of hydrogen-bond acceptors (Lipinski definition) is 4. The Morgan fingerprint density at radius 1 is 0.271 bits per heavy atom. The van der Waals surface area contributed by atoms with Gasteiger partial charge in [-0.25, -0.2) is 16.8 Å². The van der Waals surface area contributed by atoms with Crippen molar-refractivity contribution in [3.8, 4) is 0 Å². The zero-order chi connectivity index (χ0) is 53.3. The highest BCUT2D eigenvalue weighted by Gasteiger charge is 2.68. The van der Waals surface area contributed by atoms with Gasteiger partial charge in [-0.05, 0) is 51.4 Å². The quantitative estimate of drug-likeness (QED) is 0.0345. The smallest absolute Gasteiger partial charge is 0.425 e. The molecule has 0 aromatic rings. The normalized spacial score (nSPS) is 13.2. The molecule has 0 amide bonds. The van der Waals surface area contributed by atoms with E-state index < -0.39 is 42.9 Å². The molecular weight excluding hydrogens is 971 g/mol. The van der Waals surface area contributed by atoms with Crippen molar-refractivity contribution in [2.75, 3.05) is 26.2 Å². The van der Waals surface area contributed by atoms with Crippen LogP contribution in [0.5, 0.6) is 0 Å². The monoisotopic (exact) mass is 1070 g/mol. The fraction of sp³-hybridized carbons (Fsp3) is 1.00. The van der Waals surface area contributed by atoms with Gasteiger partial charge in [-0.1, -0.05) is 233 Å². The molecule has 0 saturated carbocycles. The molecule has 0 saturated heterocycles. The van der Waals surface area contributed by atoms with Gasteiger partial charge in [-0.2, -0.15) is 43.9 Å². The molecule has 0 rings (SSSR count). The van der Waals surface area contributed by atoms with Gasteiger partial charge in [-0.3, -0.25) is 0 Å². The van der Waals surface area contributed by atoms with Crippen molar-refractivity contribution in [3.63, 3.8) is 0 Å². The first-order valence-corrected chi connectivity index (χ1v) is 30.8. The van der Waals surface area contributed by atoms with Gasteiger partial charge in [0.2, 0.25) is 0 Å². The second kappa shape index (κ2) is 41.4. The zero-order valence-electron chi connectivity index (χ0n) is 44.2. The van der Waals surface area contributed by atoms with Crippen LogP contribution in [-0.4, -0.2) is 70.4 Å². The van der Waals surface area contributed by atoms with Crippen molar-refractivity contribution >= 4 is 20.0 Å². The summed E-state index contributed by atoms with van der Waals surface area (Å²) < 4.78 is 163. The van der Waals surface area contributed by atoms with Crippen LogP contribution in [0.1, 0.15) is 285 Å². The van der Waals surface area contributed by atoms with E-state index in [1.54, 1.807) is 0 Å². The molecule has 0 aromatic carbocycles. The van der Waals surface area contributed by atoms with Gasteiger partial charge in [0.25, 0.3) is 0 Å². The molecule has 0 aliphatic heterocycles. The maximum Gasteiger partial charge on any atom is 0.467 e. The Balaban J connectivity index is 0. The van der Waals surface area contributed by atoms with Crippen LogP contribution < -0.4 is 0 Å². The predicted octanol–water partition coefficient (Wildman–Crippen LogP) is 19.8. The van der Waals surface area contributed by atoms with Crippen molar-refractivity contribution in [2.45, 2.75) is 307 Å². The molecular formula is C52H100F10N2O4S2. The number of rotatable bonds is 48. The topological polar surface area (TPSA) is 82.4 Å². The molecule has 0 aromatic heterocycles. The van der Waals surface area contributed by atoms with Crippen molar-refractivity contribution in [3.05, 3.63) is 4.13 Å². The van der Waals surface area contributed by atoms with Crippen LogP contribution in [0.2, 0.25) is 0 Å². The van der Waals surface area contributed by atoms with Gasteiger partial charge < -0.3 is 8.61 Å². The van der Waals surface area contributed by atoms with Crippen LogP contribution in [0.15, 0.2) is 0 Å². The van der Waals surface area contributed by atoms with Gasteiger partial charge in [-0.15, -0.1) is 0 Å². The lowest BCUT2D eigenvalue weighted by molar-refractivity contribution is -0.929. The first kappa shape index (κ1) is 71.2. The summed E-state index contributed by atoms with van der Waals surface area (Å²) in [7, 11) is -15.2. The fourth-order valence-electron chi connectivity index (χ4n) is 8.92. The van der Waals surface area contributed by atoms with Crippen LogP contribution in [0.3, 0.4) is 0 Å². The lowest BCUT2D eigenvalue weighted by Gasteiger charge is -2.40. The molecule has 0 unspecified atom stereocenters. The summed E-state index contributed by atoms with van der Waals surface area (Å²) >= 11 is 0. The van der Waals surface area contributed by atoms with Crippen LogP contribution in [-0.2, 0) is 20.0 Å². The highest BCUT2D eigenvalue weighted by atomic mass is 32.3. The Kier molecular flexibility index (Phi) is 42.1. The minimum absolute atomic E-state index is 0.422. The average molecular weight is 1070 g/mol. The molecule has 70 heavy (non-hydrogen) atoms. The number of halogens is 10. The summed E-state index contributed by atoms with van der Waals surface area (Å²) in [5.41, 5.74) is 0. The Bertz CT molecular complexity index is 1260. The van der Waals surface area contributed by atoms with E-state index in [1.165, 1.54) is 287 Å². The Labute approximate surface area is 421 Å².